The van der Waals surface area contributed by atoms with Crippen molar-refractivity contribution in [2.75, 3.05) is 0 Å². The standard InChI is InChI=1S/C2H5N3O2.Cu/c3-1(6)5-2(4)7;/h(H5,3,4,5,6,7);. The Hall–Kier alpha value is -0.741. The Kier molecular flexibility index (Phi) is 5.68. The van der Waals surface area contributed by atoms with Gasteiger partial charge in [-0.25, -0.2) is 9.59 Å². The van der Waals surface area contributed by atoms with E-state index in [0.29, 0.717) is 0 Å². The van der Waals surface area contributed by atoms with E-state index in [4.69, 9.17) is 0 Å². The molecule has 4 amide bonds. The minimum atomic E-state index is -0.938. The quantitative estimate of drug-likeness (QED) is 0.391. The molecule has 0 aliphatic rings. The van der Waals surface area contributed by atoms with Gasteiger partial charge in [-0.3, -0.25) is 5.32 Å². The molecule has 5 N–H and O–H groups in total. The minimum absolute atomic E-state index is 0. The third-order valence-corrected chi connectivity index (χ3v) is 0.246. The molecule has 0 aromatic rings. The predicted octanol–water partition coefficient (Wildman–Crippen LogP) is -1.27. The van der Waals surface area contributed by atoms with E-state index in [2.05, 4.69) is 11.5 Å². The van der Waals surface area contributed by atoms with Gasteiger partial charge in [0.2, 0.25) is 0 Å². The normalized spacial score (nSPS) is 6.50. The molecule has 0 unspecified atom stereocenters. The summed E-state index contributed by atoms with van der Waals surface area (Å²) < 4.78 is 0. The molecule has 8 heavy (non-hydrogen) atoms. The van der Waals surface area contributed by atoms with Crippen molar-refractivity contribution in [1.82, 2.24) is 5.32 Å². The molecule has 1 radical (unpaired) electrons. The number of hydrogen-bond donors (Lipinski definition) is 3. The molecule has 6 heteroatoms. The van der Waals surface area contributed by atoms with Crippen LogP contribution in [0.5, 0.6) is 0 Å². The van der Waals surface area contributed by atoms with Gasteiger partial charge in [-0.2, -0.15) is 0 Å². The van der Waals surface area contributed by atoms with Crippen LogP contribution in [0.1, 0.15) is 0 Å². The van der Waals surface area contributed by atoms with E-state index < -0.39 is 12.1 Å². The SMILES string of the molecule is NC(=O)NC(N)=O.[Cu]. The number of hydrogen-bond acceptors (Lipinski definition) is 2. The van der Waals surface area contributed by atoms with E-state index in [1.807, 2.05) is 0 Å². The van der Waals surface area contributed by atoms with Gasteiger partial charge >= 0.3 is 12.1 Å². The van der Waals surface area contributed by atoms with Crippen LogP contribution in [0.15, 0.2) is 0 Å². The Morgan fingerprint density at radius 3 is 1.38 bits per heavy atom. The summed E-state index contributed by atoms with van der Waals surface area (Å²) in [4.78, 5) is 19.2. The number of urea groups is 2. The third kappa shape index (κ3) is 8.98. The summed E-state index contributed by atoms with van der Waals surface area (Å²) in [5.41, 5.74) is 8.88. The Balaban J connectivity index is 0. The smallest absolute Gasteiger partial charge is 0.320 e. The second kappa shape index (κ2) is 4.42. The predicted molar refractivity (Wildman–Crippen MR) is 22.3 cm³/mol. The molecule has 0 heterocycles. The van der Waals surface area contributed by atoms with Crippen LogP contribution in [-0.2, 0) is 17.1 Å². The summed E-state index contributed by atoms with van der Waals surface area (Å²) in [6, 6.07) is -1.88. The fourth-order valence-corrected chi connectivity index (χ4v) is 0.121. The average molecular weight is 167 g/mol. The van der Waals surface area contributed by atoms with Crippen molar-refractivity contribution in [1.29, 1.82) is 0 Å². The average Bonchev–Trinajstić information content (AvgIpc) is 1.27. The van der Waals surface area contributed by atoms with E-state index in [1.54, 1.807) is 5.32 Å². The zero-order valence-corrected chi connectivity index (χ0v) is 4.71. The topological polar surface area (TPSA) is 98.2 Å². The van der Waals surface area contributed by atoms with Crippen molar-refractivity contribution in [2.45, 2.75) is 0 Å². The van der Waals surface area contributed by atoms with Gasteiger partial charge in [0.1, 0.15) is 0 Å². The molecule has 5 nitrogen and oxygen atoms in total. The number of carbonyl (C=O) groups is 2. The van der Waals surface area contributed by atoms with E-state index in [-0.39, 0.29) is 17.1 Å². The maximum atomic E-state index is 9.62. The Labute approximate surface area is 56.3 Å². The molecule has 0 fully saturated rings. The molecular formula is C2H5CuN3O2. The summed E-state index contributed by atoms with van der Waals surface area (Å²) in [5, 5.41) is 1.58. The number of amides is 4. The molecule has 0 bridgehead atoms. The second-order valence-electron chi connectivity index (χ2n) is 0.854. The van der Waals surface area contributed by atoms with Crippen LogP contribution in [0.4, 0.5) is 9.59 Å². The van der Waals surface area contributed by atoms with Crippen LogP contribution in [0.2, 0.25) is 0 Å². The van der Waals surface area contributed by atoms with E-state index in [9.17, 15) is 9.59 Å². The number of rotatable bonds is 0. The fourth-order valence-electron chi connectivity index (χ4n) is 0.121. The van der Waals surface area contributed by atoms with Crippen LogP contribution in [-0.4, -0.2) is 12.1 Å². The van der Waals surface area contributed by atoms with E-state index in [1.165, 1.54) is 0 Å². The van der Waals surface area contributed by atoms with Gasteiger partial charge in [-0.1, -0.05) is 0 Å². The summed E-state index contributed by atoms with van der Waals surface area (Å²) >= 11 is 0. The summed E-state index contributed by atoms with van der Waals surface area (Å²) in [5.74, 6) is 0. The molecular weight excluding hydrogens is 162 g/mol. The summed E-state index contributed by atoms with van der Waals surface area (Å²) in [6.07, 6.45) is 0. The molecule has 0 aromatic heterocycles. The number of nitrogens with two attached hydrogens (primary N) is 2. The minimum Gasteiger partial charge on any atom is -0.351 e. The van der Waals surface area contributed by atoms with Crippen molar-refractivity contribution < 1.29 is 26.7 Å². The molecule has 0 atom stereocenters. The number of nitrogens with one attached hydrogen (secondary N) is 1. The molecule has 0 aliphatic carbocycles. The van der Waals surface area contributed by atoms with Crippen molar-refractivity contribution in [3.63, 3.8) is 0 Å². The maximum Gasteiger partial charge on any atom is 0.320 e. The zero-order valence-electron chi connectivity index (χ0n) is 3.77. The van der Waals surface area contributed by atoms with E-state index in [0.717, 1.165) is 0 Å². The Morgan fingerprint density at radius 2 is 1.38 bits per heavy atom. The Bertz CT molecular complexity index is 91.5. The van der Waals surface area contributed by atoms with Crippen molar-refractivity contribution in [2.24, 2.45) is 11.5 Å². The first-order chi connectivity index (χ1) is 3.13. The molecule has 0 spiro atoms. The van der Waals surface area contributed by atoms with Gasteiger partial charge < -0.3 is 11.5 Å². The van der Waals surface area contributed by atoms with Crippen LogP contribution in [0.25, 0.3) is 0 Å². The van der Waals surface area contributed by atoms with Crippen LogP contribution >= 0.6 is 0 Å². The van der Waals surface area contributed by atoms with Crippen molar-refractivity contribution in [3.05, 3.63) is 0 Å². The molecule has 0 saturated carbocycles. The molecule has 0 saturated heterocycles. The summed E-state index contributed by atoms with van der Waals surface area (Å²) in [7, 11) is 0. The second-order valence-corrected chi connectivity index (χ2v) is 0.854. The van der Waals surface area contributed by atoms with Gasteiger partial charge in [-0.15, -0.1) is 0 Å². The first-order valence-electron chi connectivity index (χ1n) is 1.49. The van der Waals surface area contributed by atoms with Crippen LogP contribution in [0.3, 0.4) is 0 Å². The first-order valence-corrected chi connectivity index (χ1v) is 1.49. The monoisotopic (exact) mass is 166 g/mol. The molecule has 0 aliphatic heterocycles. The molecule has 0 aromatic carbocycles. The van der Waals surface area contributed by atoms with Crippen molar-refractivity contribution in [3.8, 4) is 0 Å². The zero-order chi connectivity index (χ0) is 5.86. The Morgan fingerprint density at radius 1 is 1.12 bits per heavy atom. The third-order valence-electron chi connectivity index (χ3n) is 0.246. The maximum absolute atomic E-state index is 9.62. The van der Waals surface area contributed by atoms with Gasteiger partial charge in [0.05, 0.1) is 0 Å². The number of imide groups is 1. The number of primary amides is 2. The summed E-state index contributed by atoms with van der Waals surface area (Å²) in [6.45, 7) is 0. The first kappa shape index (κ1) is 10.3. The number of carbonyl (C=O) groups excluding carboxylic acids is 2. The molecule has 51 valence electrons. The van der Waals surface area contributed by atoms with Gasteiger partial charge in [0, 0.05) is 17.1 Å². The van der Waals surface area contributed by atoms with Crippen LogP contribution in [0, 0.1) is 0 Å². The van der Waals surface area contributed by atoms with Gasteiger partial charge in [0.15, 0.2) is 0 Å². The molecule has 0 rings (SSSR count). The van der Waals surface area contributed by atoms with Crippen molar-refractivity contribution >= 4 is 12.1 Å². The van der Waals surface area contributed by atoms with Gasteiger partial charge in [0.25, 0.3) is 0 Å². The van der Waals surface area contributed by atoms with E-state index >= 15 is 0 Å². The fraction of sp³-hybridized carbons (Fsp3) is 0. The van der Waals surface area contributed by atoms with Crippen LogP contribution < -0.4 is 16.8 Å². The van der Waals surface area contributed by atoms with Gasteiger partial charge in [-0.05, 0) is 0 Å². The largest absolute Gasteiger partial charge is 0.351 e.